The van der Waals surface area contributed by atoms with Gasteiger partial charge in [-0.2, -0.15) is 0 Å². The van der Waals surface area contributed by atoms with Crippen LogP contribution in [0.5, 0.6) is 11.5 Å². The second-order valence-electron chi connectivity index (χ2n) is 7.67. The number of phenols is 1. The van der Waals surface area contributed by atoms with Gasteiger partial charge in [0.25, 0.3) is 5.91 Å². The number of carbonyl (C=O) groups is 1. The second kappa shape index (κ2) is 8.96. The number of nitrogens with zero attached hydrogens (tertiary/aromatic N) is 2. The van der Waals surface area contributed by atoms with Crippen molar-refractivity contribution in [2.75, 3.05) is 33.3 Å². The van der Waals surface area contributed by atoms with E-state index in [0.717, 1.165) is 17.6 Å². The third-order valence-electron chi connectivity index (χ3n) is 6.00. The molecule has 0 bridgehead atoms. The molecular formula is C24H25BrN2O5. The predicted octanol–water partition coefficient (Wildman–Crippen LogP) is 4.16. The summed E-state index contributed by atoms with van der Waals surface area (Å²) in [6, 6.07) is 9.42. The van der Waals surface area contributed by atoms with Crippen molar-refractivity contribution in [1.82, 2.24) is 9.80 Å². The van der Waals surface area contributed by atoms with E-state index in [2.05, 4.69) is 34.7 Å². The molecule has 0 radical (unpaired) electrons. The third kappa shape index (κ3) is 3.78. The van der Waals surface area contributed by atoms with E-state index in [0.29, 0.717) is 35.2 Å². The second-order valence-corrected chi connectivity index (χ2v) is 8.59. The first-order valence-electron chi connectivity index (χ1n) is 10.6. The van der Waals surface area contributed by atoms with Crippen molar-refractivity contribution in [1.29, 1.82) is 0 Å². The number of hydrogen-bond acceptors (Lipinski definition) is 6. The Morgan fingerprint density at radius 2 is 1.91 bits per heavy atom. The van der Waals surface area contributed by atoms with E-state index >= 15 is 0 Å². The zero-order chi connectivity index (χ0) is 23.0. The number of benzene rings is 2. The molecule has 1 atom stereocenters. The minimum absolute atomic E-state index is 0.00929. The molecule has 1 unspecified atom stereocenters. The molecule has 1 N–H and O–H groups in total. The molecule has 0 spiro atoms. The summed E-state index contributed by atoms with van der Waals surface area (Å²) >= 11 is 3.41. The van der Waals surface area contributed by atoms with Gasteiger partial charge in [0.1, 0.15) is 5.58 Å². The number of amides is 1. The van der Waals surface area contributed by atoms with Gasteiger partial charge in [0.05, 0.1) is 24.1 Å². The molecule has 0 saturated carbocycles. The molecule has 2 aromatic carbocycles. The van der Waals surface area contributed by atoms with Crippen LogP contribution in [0.3, 0.4) is 0 Å². The van der Waals surface area contributed by atoms with Gasteiger partial charge in [-0.25, -0.2) is 0 Å². The summed E-state index contributed by atoms with van der Waals surface area (Å²) in [4.78, 5) is 30.9. The van der Waals surface area contributed by atoms with Crippen LogP contribution in [-0.4, -0.2) is 54.1 Å². The lowest BCUT2D eigenvalue weighted by Gasteiger charge is -2.28. The topological polar surface area (TPSA) is 83.2 Å². The molecule has 0 fully saturated rings. The zero-order valence-corrected chi connectivity index (χ0v) is 19.8. The number of aromatic hydroxyl groups is 1. The lowest BCUT2D eigenvalue weighted by molar-refractivity contribution is 0.0708. The number of hydrogen-bond donors (Lipinski definition) is 1. The Labute approximate surface area is 194 Å². The number of ether oxygens (including phenoxy) is 1. The number of phenolic OH excluding ortho intramolecular Hbond substituents is 1. The molecule has 1 aromatic heterocycles. The van der Waals surface area contributed by atoms with Crippen LogP contribution in [0.4, 0.5) is 0 Å². The average molecular weight is 501 g/mol. The highest BCUT2D eigenvalue weighted by atomic mass is 79.9. The lowest BCUT2D eigenvalue weighted by Crippen LogP contribution is -2.37. The maximum absolute atomic E-state index is 13.6. The Balaban J connectivity index is 1.90. The molecule has 0 saturated heterocycles. The zero-order valence-electron chi connectivity index (χ0n) is 18.2. The maximum atomic E-state index is 13.6. The molecule has 168 valence electrons. The normalized spacial score (nSPS) is 15.6. The predicted molar refractivity (Wildman–Crippen MR) is 126 cm³/mol. The Hall–Kier alpha value is -2.84. The van der Waals surface area contributed by atoms with Crippen molar-refractivity contribution in [2.45, 2.75) is 19.9 Å². The number of halogens is 1. The van der Waals surface area contributed by atoms with Crippen LogP contribution < -0.4 is 10.2 Å². The fraction of sp³-hybridized carbons (Fsp3) is 0.333. The fourth-order valence-electron chi connectivity index (χ4n) is 4.22. The van der Waals surface area contributed by atoms with Crippen LogP contribution in [0.2, 0.25) is 0 Å². The van der Waals surface area contributed by atoms with Crippen LogP contribution in [0.15, 0.2) is 50.1 Å². The van der Waals surface area contributed by atoms with E-state index in [9.17, 15) is 14.7 Å². The van der Waals surface area contributed by atoms with Crippen LogP contribution in [0.25, 0.3) is 11.0 Å². The summed E-state index contributed by atoms with van der Waals surface area (Å²) in [5.74, 6) is 0.0255. The number of carbonyl (C=O) groups excluding carboxylic acids is 1. The smallest absolute Gasteiger partial charge is 0.290 e. The minimum atomic E-state index is -0.637. The maximum Gasteiger partial charge on any atom is 0.290 e. The van der Waals surface area contributed by atoms with Gasteiger partial charge in [0, 0.05) is 17.6 Å². The summed E-state index contributed by atoms with van der Waals surface area (Å²) in [7, 11) is 1.46. The summed E-state index contributed by atoms with van der Waals surface area (Å²) in [6.07, 6.45) is 0. The molecule has 1 aliphatic heterocycles. The van der Waals surface area contributed by atoms with Gasteiger partial charge < -0.3 is 24.1 Å². The van der Waals surface area contributed by atoms with Gasteiger partial charge in [-0.3, -0.25) is 9.59 Å². The van der Waals surface area contributed by atoms with Crippen molar-refractivity contribution >= 4 is 32.8 Å². The highest BCUT2D eigenvalue weighted by Gasteiger charge is 2.42. The SMILES string of the molecule is CCN(CC)CCN1C(=O)c2oc3ccc(Br)cc3c(=O)c2C1c1ccc(O)c(OC)c1. The average Bonchev–Trinajstić information content (AvgIpc) is 3.07. The van der Waals surface area contributed by atoms with E-state index in [1.807, 2.05) is 0 Å². The number of fused-ring (bicyclic) bond motifs is 2. The molecule has 1 amide bonds. The van der Waals surface area contributed by atoms with E-state index in [1.165, 1.54) is 13.2 Å². The van der Waals surface area contributed by atoms with E-state index in [-0.39, 0.29) is 28.6 Å². The highest BCUT2D eigenvalue weighted by Crippen LogP contribution is 2.40. The van der Waals surface area contributed by atoms with Crippen LogP contribution in [-0.2, 0) is 0 Å². The van der Waals surface area contributed by atoms with Crippen LogP contribution >= 0.6 is 15.9 Å². The van der Waals surface area contributed by atoms with Crippen molar-refractivity contribution < 1.29 is 19.1 Å². The third-order valence-corrected chi connectivity index (χ3v) is 6.49. The largest absolute Gasteiger partial charge is 0.504 e. The minimum Gasteiger partial charge on any atom is -0.504 e. The molecule has 7 nitrogen and oxygen atoms in total. The first-order valence-corrected chi connectivity index (χ1v) is 11.3. The molecule has 8 heteroatoms. The van der Waals surface area contributed by atoms with Crippen molar-refractivity contribution in [2.24, 2.45) is 0 Å². The molecule has 2 heterocycles. The van der Waals surface area contributed by atoms with Gasteiger partial charge >= 0.3 is 0 Å². The van der Waals surface area contributed by atoms with Crippen molar-refractivity contribution in [3.63, 3.8) is 0 Å². The van der Waals surface area contributed by atoms with E-state index in [1.54, 1.807) is 35.2 Å². The van der Waals surface area contributed by atoms with Gasteiger partial charge in [-0.1, -0.05) is 35.8 Å². The molecule has 32 heavy (non-hydrogen) atoms. The van der Waals surface area contributed by atoms with Crippen LogP contribution in [0.1, 0.15) is 41.6 Å². The van der Waals surface area contributed by atoms with Gasteiger partial charge in [-0.05, 0) is 49.0 Å². The van der Waals surface area contributed by atoms with E-state index in [4.69, 9.17) is 9.15 Å². The molecule has 0 aliphatic carbocycles. The quantitative estimate of drug-likeness (QED) is 0.524. The molecule has 1 aliphatic rings. The summed E-state index contributed by atoms with van der Waals surface area (Å²) in [5, 5.41) is 10.5. The Kier molecular flexibility index (Phi) is 6.26. The summed E-state index contributed by atoms with van der Waals surface area (Å²) < 4.78 is 12.0. The highest BCUT2D eigenvalue weighted by molar-refractivity contribution is 9.10. The molecule has 3 aromatic rings. The number of likely N-dealkylation sites (N-methyl/N-ethyl adjacent to an activating group) is 1. The van der Waals surface area contributed by atoms with Gasteiger partial charge in [-0.15, -0.1) is 0 Å². The lowest BCUT2D eigenvalue weighted by atomic mass is 9.98. The standard InChI is InChI=1S/C24H25BrN2O5/c1-4-26(5-2)10-11-27-21(14-6-8-17(28)19(12-14)31-3)20-22(29)16-13-15(25)7-9-18(16)32-23(20)24(27)30/h6-9,12-13,21,28H,4-5,10-11H2,1-3H3. The Morgan fingerprint density at radius 3 is 2.59 bits per heavy atom. The Morgan fingerprint density at radius 1 is 1.16 bits per heavy atom. The van der Waals surface area contributed by atoms with Crippen molar-refractivity contribution in [3.8, 4) is 11.5 Å². The Bertz CT molecular complexity index is 1240. The van der Waals surface area contributed by atoms with Crippen LogP contribution in [0, 0.1) is 0 Å². The fourth-order valence-corrected chi connectivity index (χ4v) is 4.58. The van der Waals surface area contributed by atoms with Crippen molar-refractivity contribution in [3.05, 3.63) is 68.0 Å². The number of methoxy groups -OCH3 is 1. The summed E-state index contributed by atoms with van der Waals surface area (Å²) in [6.45, 7) is 6.95. The monoisotopic (exact) mass is 500 g/mol. The van der Waals surface area contributed by atoms with Gasteiger partial charge in [0.15, 0.2) is 16.9 Å². The first kappa shape index (κ1) is 22.4. The number of rotatable bonds is 7. The molecule has 4 rings (SSSR count). The summed E-state index contributed by atoms with van der Waals surface area (Å²) in [5.41, 5.74) is 1.12. The molecular weight excluding hydrogens is 476 g/mol. The first-order chi connectivity index (χ1) is 15.4. The van der Waals surface area contributed by atoms with Gasteiger partial charge in [0.2, 0.25) is 5.76 Å². The van der Waals surface area contributed by atoms with E-state index < -0.39 is 6.04 Å².